The number of rotatable bonds is 7. The van der Waals surface area contributed by atoms with Crippen molar-refractivity contribution in [1.29, 1.82) is 0 Å². The molecule has 3 nitrogen and oxygen atoms in total. The maximum atomic E-state index is 12.6. The van der Waals surface area contributed by atoms with Crippen LogP contribution >= 0.6 is 30.6 Å². The monoisotopic (exact) mass is 280 g/mol. The number of alkyl halides is 2. The molecule has 0 aliphatic heterocycles. The standard InChI is InChI=1S/C10H15Cl2N2OP/c11-6-8-13-16(15,14-9-7-12)10-4-2-1-3-5-10/h1-5H,6-9H2,(H2,13,14,15). The number of hydrogen-bond acceptors (Lipinski definition) is 1. The van der Waals surface area contributed by atoms with Crippen LogP contribution in [0.2, 0.25) is 0 Å². The minimum atomic E-state index is -2.77. The Morgan fingerprint density at radius 1 is 1.00 bits per heavy atom. The van der Waals surface area contributed by atoms with Gasteiger partial charge < -0.3 is 0 Å². The molecule has 90 valence electrons. The van der Waals surface area contributed by atoms with Crippen LogP contribution in [-0.4, -0.2) is 24.8 Å². The summed E-state index contributed by atoms with van der Waals surface area (Å²) in [6, 6.07) is 9.24. The Labute approximate surface area is 106 Å². The number of hydrogen-bond donors (Lipinski definition) is 2. The van der Waals surface area contributed by atoms with Gasteiger partial charge in [0.05, 0.1) is 0 Å². The van der Waals surface area contributed by atoms with Gasteiger partial charge in [-0.3, -0.25) is 14.7 Å². The quantitative estimate of drug-likeness (QED) is 0.594. The zero-order valence-electron chi connectivity index (χ0n) is 8.83. The first-order chi connectivity index (χ1) is 7.73. The lowest BCUT2D eigenvalue weighted by atomic mass is 10.4. The second kappa shape index (κ2) is 7.31. The molecule has 1 aromatic rings. The van der Waals surface area contributed by atoms with Crippen LogP contribution in [0.5, 0.6) is 0 Å². The van der Waals surface area contributed by atoms with E-state index in [0.717, 1.165) is 5.30 Å². The van der Waals surface area contributed by atoms with E-state index < -0.39 is 7.44 Å². The molecule has 0 bridgehead atoms. The van der Waals surface area contributed by atoms with Crippen LogP contribution in [0.3, 0.4) is 0 Å². The highest BCUT2D eigenvalue weighted by Crippen LogP contribution is 2.33. The van der Waals surface area contributed by atoms with E-state index in [-0.39, 0.29) is 0 Å². The molecule has 0 spiro atoms. The smallest absolute Gasteiger partial charge is 0.240 e. The van der Waals surface area contributed by atoms with Crippen molar-refractivity contribution in [3.05, 3.63) is 30.3 Å². The lowest BCUT2D eigenvalue weighted by molar-refractivity contribution is 0.564. The molecule has 0 aliphatic carbocycles. The molecular formula is C10H15Cl2N2OP. The summed E-state index contributed by atoms with van der Waals surface area (Å²) in [6.07, 6.45) is 0. The number of halogens is 2. The van der Waals surface area contributed by atoms with Crippen molar-refractivity contribution in [2.24, 2.45) is 0 Å². The molecule has 0 aromatic heterocycles. The third-order valence-electron chi connectivity index (χ3n) is 1.98. The van der Waals surface area contributed by atoms with E-state index in [1.54, 1.807) is 0 Å². The zero-order chi connectivity index (χ0) is 11.9. The van der Waals surface area contributed by atoms with Crippen LogP contribution in [0.15, 0.2) is 30.3 Å². The second-order valence-corrected chi connectivity index (χ2v) is 6.26. The minimum absolute atomic E-state index is 0.416. The first-order valence-corrected chi connectivity index (χ1v) is 7.78. The predicted octanol–water partition coefficient (Wildman–Crippen LogP) is 2.16. The summed E-state index contributed by atoms with van der Waals surface area (Å²) in [6.45, 7) is 0.978. The summed E-state index contributed by atoms with van der Waals surface area (Å²) in [5.41, 5.74) is 0. The van der Waals surface area contributed by atoms with Gasteiger partial charge in [0, 0.05) is 30.2 Å². The largest absolute Gasteiger partial charge is 0.284 e. The van der Waals surface area contributed by atoms with E-state index in [2.05, 4.69) is 10.2 Å². The van der Waals surface area contributed by atoms with Crippen molar-refractivity contribution in [2.75, 3.05) is 24.8 Å². The maximum absolute atomic E-state index is 12.6. The van der Waals surface area contributed by atoms with Gasteiger partial charge in [0.25, 0.3) is 0 Å². The van der Waals surface area contributed by atoms with Gasteiger partial charge >= 0.3 is 0 Å². The van der Waals surface area contributed by atoms with Crippen molar-refractivity contribution < 1.29 is 4.57 Å². The third kappa shape index (κ3) is 4.08. The Hall–Kier alpha value is -0.0500. The normalized spacial score (nSPS) is 11.6. The summed E-state index contributed by atoms with van der Waals surface area (Å²) < 4.78 is 12.6. The van der Waals surface area contributed by atoms with E-state index in [9.17, 15) is 4.57 Å². The van der Waals surface area contributed by atoms with Crippen LogP contribution in [0.25, 0.3) is 0 Å². The average Bonchev–Trinajstić information content (AvgIpc) is 2.35. The molecule has 0 heterocycles. The second-order valence-electron chi connectivity index (χ2n) is 3.14. The highest BCUT2D eigenvalue weighted by Gasteiger charge is 2.22. The Bertz CT molecular complexity index is 336. The van der Waals surface area contributed by atoms with E-state index >= 15 is 0 Å². The number of nitrogens with one attached hydrogen (secondary N) is 2. The van der Waals surface area contributed by atoms with Crippen LogP contribution in [0, 0.1) is 0 Å². The van der Waals surface area contributed by atoms with E-state index in [1.807, 2.05) is 30.3 Å². The molecule has 0 amide bonds. The van der Waals surface area contributed by atoms with Crippen molar-refractivity contribution in [3.63, 3.8) is 0 Å². The van der Waals surface area contributed by atoms with Crippen molar-refractivity contribution in [1.82, 2.24) is 10.2 Å². The summed E-state index contributed by atoms with van der Waals surface area (Å²) in [4.78, 5) is 0. The van der Waals surface area contributed by atoms with Gasteiger partial charge in [-0.05, 0) is 12.1 Å². The van der Waals surface area contributed by atoms with Crippen LogP contribution in [0.1, 0.15) is 0 Å². The fourth-order valence-corrected chi connectivity index (χ4v) is 3.65. The Morgan fingerprint density at radius 2 is 1.50 bits per heavy atom. The molecule has 0 radical (unpaired) electrons. The van der Waals surface area contributed by atoms with Crippen LogP contribution < -0.4 is 15.5 Å². The molecule has 1 rings (SSSR count). The molecule has 6 heteroatoms. The van der Waals surface area contributed by atoms with E-state index in [0.29, 0.717) is 24.8 Å². The van der Waals surface area contributed by atoms with Gasteiger partial charge in [0.2, 0.25) is 7.44 Å². The SMILES string of the molecule is O=P(NCCCl)(NCCCl)c1ccccc1. The highest BCUT2D eigenvalue weighted by atomic mass is 35.5. The van der Waals surface area contributed by atoms with Gasteiger partial charge in [-0.25, -0.2) is 0 Å². The maximum Gasteiger partial charge on any atom is 0.240 e. The fraction of sp³-hybridized carbons (Fsp3) is 0.400. The van der Waals surface area contributed by atoms with Gasteiger partial charge in [-0.2, -0.15) is 0 Å². The molecule has 0 atom stereocenters. The molecule has 0 saturated heterocycles. The topological polar surface area (TPSA) is 41.1 Å². The van der Waals surface area contributed by atoms with Crippen molar-refractivity contribution >= 4 is 35.9 Å². The van der Waals surface area contributed by atoms with Gasteiger partial charge in [0.15, 0.2) is 0 Å². The molecule has 0 saturated carbocycles. The lowest BCUT2D eigenvalue weighted by Gasteiger charge is -2.20. The predicted molar refractivity (Wildman–Crippen MR) is 71.1 cm³/mol. The molecule has 0 unspecified atom stereocenters. The first kappa shape index (κ1) is 14.0. The first-order valence-electron chi connectivity index (χ1n) is 5.01. The fourth-order valence-electron chi connectivity index (χ4n) is 1.28. The third-order valence-corrected chi connectivity index (χ3v) is 4.72. The van der Waals surface area contributed by atoms with E-state index in [1.165, 1.54) is 0 Å². The van der Waals surface area contributed by atoms with Gasteiger partial charge in [-0.15, -0.1) is 23.2 Å². The molecule has 2 N–H and O–H groups in total. The molecular weight excluding hydrogens is 266 g/mol. The van der Waals surface area contributed by atoms with Crippen LogP contribution in [-0.2, 0) is 4.57 Å². The molecule has 0 aliphatic rings. The minimum Gasteiger partial charge on any atom is -0.284 e. The van der Waals surface area contributed by atoms with Crippen molar-refractivity contribution in [2.45, 2.75) is 0 Å². The van der Waals surface area contributed by atoms with E-state index in [4.69, 9.17) is 23.2 Å². The molecule has 1 aromatic carbocycles. The zero-order valence-corrected chi connectivity index (χ0v) is 11.2. The van der Waals surface area contributed by atoms with Gasteiger partial charge in [-0.1, -0.05) is 18.2 Å². The lowest BCUT2D eigenvalue weighted by Crippen LogP contribution is -2.32. The van der Waals surface area contributed by atoms with Crippen LogP contribution in [0.4, 0.5) is 0 Å². The Morgan fingerprint density at radius 3 is 1.94 bits per heavy atom. The average molecular weight is 281 g/mol. The van der Waals surface area contributed by atoms with Crippen molar-refractivity contribution in [3.8, 4) is 0 Å². The summed E-state index contributed by atoms with van der Waals surface area (Å²) in [7, 11) is -2.77. The molecule has 0 fully saturated rings. The Kier molecular flexibility index (Phi) is 6.40. The highest BCUT2D eigenvalue weighted by molar-refractivity contribution is 7.67. The molecule has 16 heavy (non-hydrogen) atoms. The van der Waals surface area contributed by atoms with Gasteiger partial charge in [0.1, 0.15) is 0 Å². The summed E-state index contributed by atoms with van der Waals surface area (Å²) in [5.74, 6) is 0.832. The summed E-state index contributed by atoms with van der Waals surface area (Å²) >= 11 is 11.2. The Balaban J connectivity index is 2.82. The number of benzene rings is 1. The summed E-state index contributed by atoms with van der Waals surface area (Å²) in [5, 5.41) is 6.64.